The van der Waals surface area contributed by atoms with Gasteiger partial charge in [-0.05, 0) is 170 Å². The van der Waals surface area contributed by atoms with E-state index in [0.717, 1.165) is 34.1 Å². The highest BCUT2D eigenvalue weighted by Gasteiger charge is 2.37. The van der Waals surface area contributed by atoms with Crippen molar-refractivity contribution in [1.82, 2.24) is 4.57 Å². The molecule has 10 aromatic rings. The molecule has 9 aromatic carbocycles. The van der Waals surface area contributed by atoms with E-state index in [1.54, 1.807) is 0 Å². The van der Waals surface area contributed by atoms with E-state index in [-0.39, 0.29) is 6.71 Å². The lowest BCUT2D eigenvalue weighted by Crippen LogP contribution is -2.51. The fraction of sp³-hybridized carbons (Fsp3) is 0.156. The highest BCUT2D eigenvalue weighted by Crippen LogP contribution is 2.43. The van der Waals surface area contributed by atoms with Crippen LogP contribution in [0, 0.1) is 69.2 Å². The molecular weight excluding hydrogens is 822 g/mol. The second-order valence-electron chi connectivity index (χ2n) is 19.8. The Morgan fingerprint density at radius 2 is 0.691 bits per heavy atom. The van der Waals surface area contributed by atoms with Crippen LogP contribution in [0.15, 0.2) is 170 Å². The van der Waals surface area contributed by atoms with Crippen molar-refractivity contribution in [3.63, 3.8) is 0 Å². The number of rotatable bonds is 8. The van der Waals surface area contributed by atoms with E-state index in [4.69, 9.17) is 0 Å². The predicted octanol–water partition coefficient (Wildman–Crippen LogP) is 15.3. The van der Waals surface area contributed by atoms with Crippen molar-refractivity contribution in [3.05, 3.63) is 225 Å². The highest BCUT2D eigenvalue weighted by molar-refractivity contribution is 6.99. The first kappa shape index (κ1) is 43.0. The van der Waals surface area contributed by atoms with E-state index in [2.05, 4.69) is 253 Å². The molecule has 0 saturated carbocycles. The van der Waals surface area contributed by atoms with Crippen LogP contribution in [0.2, 0.25) is 0 Å². The van der Waals surface area contributed by atoms with Crippen LogP contribution < -0.4 is 26.2 Å². The van der Waals surface area contributed by atoms with Crippen LogP contribution in [-0.2, 0) is 0 Å². The molecule has 1 aromatic heterocycles. The molecule has 1 aliphatic heterocycles. The molecule has 2 heterocycles. The van der Waals surface area contributed by atoms with Gasteiger partial charge in [0.2, 0.25) is 6.71 Å². The summed E-state index contributed by atoms with van der Waals surface area (Å²) in [5, 5.41) is 2.51. The third-order valence-electron chi connectivity index (χ3n) is 14.4. The second-order valence-corrected chi connectivity index (χ2v) is 19.8. The minimum atomic E-state index is 0.0434. The zero-order valence-electron chi connectivity index (χ0n) is 41.1. The van der Waals surface area contributed by atoms with Gasteiger partial charge < -0.3 is 14.4 Å². The van der Waals surface area contributed by atoms with Crippen LogP contribution in [0.25, 0.3) is 38.6 Å². The number of hydrogen-bond acceptors (Lipinski definition) is 2. The van der Waals surface area contributed by atoms with E-state index in [0.29, 0.717) is 0 Å². The van der Waals surface area contributed by atoms with E-state index in [9.17, 15) is 0 Å². The van der Waals surface area contributed by atoms with Gasteiger partial charge >= 0.3 is 0 Å². The number of hydrogen-bond donors (Lipinski definition) is 0. The lowest BCUT2D eigenvalue weighted by atomic mass is 9.37. The van der Waals surface area contributed by atoms with Crippen molar-refractivity contribution in [1.29, 1.82) is 0 Å². The molecule has 0 fully saturated rings. The highest BCUT2D eigenvalue weighted by atomic mass is 15.1. The Kier molecular flexibility index (Phi) is 10.5. The van der Waals surface area contributed by atoms with Gasteiger partial charge in [-0.3, -0.25) is 0 Å². The summed E-state index contributed by atoms with van der Waals surface area (Å²) in [7, 11) is 0. The van der Waals surface area contributed by atoms with Gasteiger partial charge in [0.05, 0.1) is 16.7 Å². The summed E-state index contributed by atoms with van der Waals surface area (Å²) in [6.07, 6.45) is 0. The minimum absolute atomic E-state index is 0.0434. The summed E-state index contributed by atoms with van der Waals surface area (Å²) >= 11 is 0. The molecule has 0 spiro atoms. The van der Waals surface area contributed by atoms with Gasteiger partial charge in [0.25, 0.3) is 0 Å². The van der Waals surface area contributed by atoms with E-state index in [1.807, 2.05) is 0 Å². The fourth-order valence-corrected chi connectivity index (χ4v) is 11.4. The summed E-state index contributed by atoms with van der Waals surface area (Å²) in [6, 6.07) is 64.6. The zero-order chi connectivity index (χ0) is 47.1. The molecule has 68 heavy (non-hydrogen) atoms. The molecule has 0 unspecified atom stereocenters. The smallest absolute Gasteiger partial charge is 0.243 e. The number of fused-ring (bicyclic) bond motifs is 6. The zero-order valence-corrected chi connectivity index (χ0v) is 41.1. The Hall–Kier alpha value is -7.56. The van der Waals surface area contributed by atoms with Crippen LogP contribution in [-0.4, -0.2) is 11.3 Å². The number of aryl methyl sites for hydroxylation is 10. The van der Waals surface area contributed by atoms with Crippen molar-refractivity contribution in [3.8, 4) is 16.8 Å². The van der Waals surface area contributed by atoms with Crippen LogP contribution in [0.3, 0.4) is 0 Å². The molecule has 0 saturated heterocycles. The monoisotopic (exact) mass is 879 g/mol. The van der Waals surface area contributed by atoms with Gasteiger partial charge in [0.1, 0.15) is 0 Å². The summed E-state index contributed by atoms with van der Waals surface area (Å²) in [4.78, 5) is 4.82. The van der Waals surface area contributed by atoms with Gasteiger partial charge in [-0.25, -0.2) is 0 Å². The second kappa shape index (κ2) is 16.6. The molecule has 1 aliphatic rings. The van der Waals surface area contributed by atoms with Gasteiger partial charge in [0.15, 0.2) is 0 Å². The maximum Gasteiger partial charge on any atom is 0.243 e. The molecule has 0 radical (unpaired) electrons. The number of aromatic nitrogens is 1. The van der Waals surface area contributed by atoms with Gasteiger partial charge in [-0.15, -0.1) is 0 Å². The van der Waals surface area contributed by atoms with Crippen molar-refractivity contribution in [2.24, 2.45) is 0 Å². The maximum absolute atomic E-state index is 2.57. The number of benzene rings is 9. The minimum Gasteiger partial charge on any atom is -0.311 e. The summed E-state index contributed by atoms with van der Waals surface area (Å²) < 4.78 is 2.57. The van der Waals surface area contributed by atoms with Crippen molar-refractivity contribution < 1.29 is 0 Å². The normalized spacial score (nSPS) is 11.9. The number of nitrogens with zero attached hydrogens (tertiary/aromatic N) is 3. The number of anilines is 6. The van der Waals surface area contributed by atoms with E-state index < -0.39 is 0 Å². The lowest BCUT2D eigenvalue weighted by molar-refractivity contribution is 1.11. The largest absolute Gasteiger partial charge is 0.311 e. The third-order valence-corrected chi connectivity index (χ3v) is 14.4. The summed E-state index contributed by atoms with van der Waals surface area (Å²) in [5.74, 6) is 0. The Morgan fingerprint density at radius 1 is 0.309 bits per heavy atom. The van der Waals surface area contributed by atoms with Crippen LogP contribution >= 0.6 is 0 Å². The van der Waals surface area contributed by atoms with E-state index in [1.165, 1.54) is 111 Å². The molecule has 0 aliphatic carbocycles. The molecule has 11 rings (SSSR count). The Balaban J connectivity index is 1.19. The predicted molar refractivity (Wildman–Crippen MR) is 294 cm³/mol. The Bertz CT molecular complexity index is 3460. The Labute approximate surface area is 403 Å². The van der Waals surface area contributed by atoms with Crippen molar-refractivity contribution >= 4 is 79.0 Å². The SMILES string of the molecule is Cc1ccc(N(c2ccc(C)cc2)c2ccc3c(c2)B(c2c(C)cc(C)cc2C)c2cc4c5ccc(N(c6ccc(C)cc6)c6ccc(C)cc6)cc5n(-c5c(C)cc(C)cc5C)c4cc2-3)cc1. The maximum atomic E-state index is 2.57. The van der Waals surface area contributed by atoms with E-state index >= 15 is 0 Å². The van der Waals surface area contributed by atoms with Crippen molar-refractivity contribution in [2.45, 2.75) is 69.2 Å². The van der Waals surface area contributed by atoms with Gasteiger partial charge in [-0.1, -0.05) is 152 Å². The summed E-state index contributed by atoms with van der Waals surface area (Å²) in [5.41, 5.74) is 29.9. The fourth-order valence-electron chi connectivity index (χ4n) is 11.4. The molecule has 4 heteroatoms. The first-order chi connectivity index (χ1) is 32.8. The average molecular weight is 880 g/mol. The molecular formula is C64H58BN3. The van der Waals surface area contributed by atoms with Crippen molar-refractivity contribution in [2.75, 3.05) is 9.80 Å². The molecule has 0 N–H and O–H groups in total. The molecule has 0 bridgehead atoms. The first-order valence-corrected chi connectivity index (χ1v) is 24.1. The molecule has 0 amide bonds. The van der Waals surface area contributed by atoms with Crippen LogP contribution in [0.4, 0.5) is 34.1 Å². The van der Waals surface area contributed by atoms with Crippen LogP contribution in [0.5, 0.6) is 0 Å². The average Bonchev–Trinajstić information content (AvgIpc) is 3.78. The molecule has 3 nitrogen and oxygen atoms in total. The standard InChI is InChI=1S/C64H58BN3/c1-39-11-19-49(20-12-39)66(50-21-13-40(2)14-22-50)53-27-29-55-57-38-62-58(37-60(57)65(59(55)35-53)63-45(7)31-43(5)32-46(63)8)56-30-28-54(36-61(56)68(62)64-47(9)33-44(6)34-48(64)10)67(51-23-15-41(3)16-24-51)52-25-17-42(4)18-26-52/h11-38H,1-10H3. The summed E-state index contributed by atoms with van der Waals surface area (Å²) in [6.45, 7) is 22.3. The topological polar surface area (TPSA) is 11.4 Å². The Morgan fingerprint density at radius 3 is 1.16 bits per heavy atom. The molecule has 0 atom stereocenters. The molecule has 332 valence electrons. The van der Waals surface area contributed by atoms with Gasteiger partial charge in [0, 0.05) is 44.9 Å². The third kappa shape index (κ3) is 7.31. The quantitative estimate of drug-likeness (QED) is 0.141. The van der Waals surface area contributed by atoms with Crippen LogP contribution in [0.1, 0.15) is 55.6 Å². The lowest BCUT2D eigenvalue weighted by Gasteiger charge is -2.27. The first-order valence-electron chi connectivity index (χ1n) is 24.1. The van der Waals surface area contributed by atoms with Gasteiger partial charge in [-0.2, -0.15) is 0 Å².